The molecule has 6 nitrogen and oxygen atoms in total. The van der Waals surface area contributed by atoms with Gasteiger partial charge in [-0.25, -0.2) is 8.42 Å². The second kappa shape index (κ2) is 5.77. The molecule has 1 aromatic heterocycles. The molecule has 1 heterocycles. The minimum atomic E-state index is -3.68. The molecule has 20 heavy (non-hydrogen) atoms. The van der Waals surface area contributed by atoms with E-state index >= 15 is 0 Å². The third kappa shape index (κ3) is 3.17. The summed E-state index contributed by atoms with van der Waals surface area (Å²) in [4.78, 5) is 0.101. The maximum Gasteiger partial charge on any atom is 0.265 e. The Balaban J connectivity index is 2.28. The Morgan fingerprint density at radius 2 is 2.25 bits per heavy atom. The number of anilines is 1. The van der Waals surface area contributed by atoms with E-state index in [0.29, 0.717) is 16.9 Å². The van der Waals surface area contributed by atoms with Crippen molar-refractivity contribution in [2.75, 3.05) is 11.3 Å². The Labute approximate surface area is 116 Å². The summed E-state index contributed by atoms with van der Waals surface area (Å²) in [5.41, 5.74) is 1.48. The predicted molar refractivity (Wildman–Crippen MR) is 74.5 cm³/mol. The third-order valence-corrected chi connectivity index (χ3v) is 3.99. The number of aromatic amines is 1. The number of nitrogens with zero attached hydrogens (tertiary/aromatic N) is 1. The van der Waals surface area contributed by atoms with Crippen LogP contribution in [-0.2, 0) is 10.0 Å². The molecular formula is C13H13N3O3S. The SMILES string of the molecule is Cc1[nH]ncc1S(=O)(=O)Nc1cccc(C#CCO)c1. The minimum Gasteiger partial charge on any atom is -0.384 e. The summed E-state index contributed by atoms with van der Waals surface area (Å²) in [6, 6.07) is 6.62. The molecule has 0 aliphatic heterocycles. The summed E-state index contributed by atoms with van der Waals surface area (Å²) in [5.74, 6) is 5.22. The Morgan fingerprint density at radius 1 is 1.45 bits per heavy atom. The van der Waals surface area contributed by atoms with E-state index in [0.717, 1.165) is 0 Å². The van der Waals surface area contributed by atoms with Gasteiger partial charge in [-0.1, -0.05) is 17.9 Å². The Bertz CT molecular complexity index is 769. The molecule has 0 aliphatic rings. The van der Waals surface area contributed by atoms with Crippen LogP contribution in [0.3, 0.4) is 0 Å². The first kappa shape index (κ1) is 14.1. The Hall–Kier alpha value is -2.30. The highest BCUT2D eigenvalue weighted by atomic mass is 32.2. The fourth-order valence-corrected chi connectivity index (χ4v) is 2.81. The number of benzene rings is 1. The van der Waals surface area contributed by atoms with Crippen molar-refractivity contribution in [3.63, 3.8) is 0 Å². The Morgan fingerprint density at radius 3 is 2.90 bits per heavy atom. The molecule has 0 aliphatic carbocycles. The van der Waals surface area contributed by atoms with Gasteiger partial charge in [-0.05, 0) is 25.1 Å². The molecular weight excluding hydrogens is 278 g/mol. The van der Waals surface area contributed by atoms with E-state index < -0.39 is 10.0 Å². The fourth-order valence-electron chi connectivity index (χ4n) is 1.62. The van der Waals surface area contributed by atoms with Gasteiger partial charge in [0.15, 0.2) is 0 Å². The van der Waals surface area contributed by atoms with Crippen molar-refractivity contribution >= 4 is 15.7 Å². The maximum absolute atomic E-state index is 12.2. The molecule has 0 fully saturated rings. The zero-order valence-corrected chi connectivity index (χ0v) is 11.5. The minimum absolute atomic E-state index is 0.101. The van der Waals surface area contributed by atoms with Crippen LogP contribution in [0, 0.1) is 18.8 Å². The molecule has 0 spiro atoms. The largest absolute Gasteiger partial charge is 0.384 e. The summed E-state index contributed by atoms with van der Waals surface area (Å²) < 4.78 is 26.8. The monoisotopic (exact) mass is 291 g/mol. The number of H-pyrrole nitrogens is 1. The van der Waals surface area contributed by atoms with Crippen molar-refractivity contribution in [2.45, 2.75) is 11.8 Å². The van der Waals surface area contributed by atoms with Gasteiger partial charge in [0, 0.05) is 5.56 Å². The van der Waals surface area contributed by atoms with Crippen LogP contribution < -0.4 is 4.72 Å². The zero-order chi connectivity index (χ0) is 14.6. The second-order valence-corrected chi connectivity index (χ2v) is 5.66. The van der Waals surface area contributed by atoms with Gasteiger partial charge >= 0.3 is 0 Å². The molecule has 3 N–H and O–H groups in total. The van der Waals surface area contributed by atoms with Gasteiger partial charge in [-0.2, -0.15) is 5.10 Å². The number of rotatable bonds is 3. The molecule has 0 unspecified atom stereocenters. The highest BCUT2D eigenvalue weighted by molar-refractivity contribution is 7.92. The average molecular weight is 291 g/mol. The average Bonchev–Trinajstić information content (AvgIpc) is 2.83. The van der Waals surface area contributed by atoms with Crippen LogP contribution in [-0.4, -0.2) is 30.3 Å². The van der Waals surface area contributed by atoms with E-state index in [-0.39, 0.29) is 11.5 Å². The van der Waals surface area contributed by atoms with Crippen LogP contribution in [0.1, 0.15) is 11.3 Å². The number of aromatic nitrogens is 2. The standard InChI is InChI=1S/C13H13N3O3S/c1-10-13(9-14-15-10)20(18,19)16-12-6-2-4-11(8-12)5-3-7-17/h2,4,6,8-9,16-17H,7H2,1H3,(H,14,15). The predicted octanol–water partition coefficient (Wildman–Crippen LogP) is 0.863. The molecule has 104 valence electrons. The molecule has 0 bridgehead atoms. The molecule has 0 saturated carbocycles. The topological polar surface area (TPSA) is 95.1 Å². The van der Waals surface area contributed by atoms with Gasteiger partial charge in [-0.15, -0.1) is 0 Å². The van der Waals surface area contributed by atoms with Crippen molar-refractivity contribution in [1.29, 1.82) is 0 Å². The Kier molecular flexibility index (Phi) is 4.08. The van der Waals surface area contributed by atoms with Crippen molar-refractivity contribution in [3.8, 4) is 11.8 Å². The van der Waals surface area contributed by atoms with Crippen molar-refractivity contribution in [1.82, 2.24) is 10.2 Å². The van der Waals surface area contributed by atoms with Crippen molar-refractivity contribution in [2.24, 2.45) is 0 Å². The number of aliphatic hydroxyl groups is 1. The number of hydrogen-bond acceptors (Lipinski definition) is 4. The molecule has 0 radical (unpaired) electrons. The fraction of sp³-hybridized carbons (Fsp3) is 0.154. The normalized spacial score (nSPS) is 10.7. The molecule has 2 rings (SSSR count). The van der Waals surface area contributed by atoms with E-state index in [2.05, 4.69) is 26.8 Å². The number of hydrogen-bond donors (Lipinski definition) is 3. The molecule has 2 aromatic rings. The van der Waals surface area contributed by atoms with E-state index in [1.807, 2.05) is 0 Å². The lowest BCUT2D eigenvalue weighted by molar-refractivity contribution is 0.350. The molecule has 0 saturated heterocycles. The van der Waals surface area contributed by atoms with Gasteiger partial charge in [0.1, 0.15) is 11.5 Å². The summed E-state index contributed by atoms with van der Waals surface area (Å²) in [5, 5.41) is 14.9. The molecule has 7 heteroatoms. The van der Waals surface area contributed by atoms with E-state index in [1.54, 1.807) is 31.2 Å². The lowest BCUT2D eigenvalue weighted by Gasteiger charge is -2.07. The molecule has 1 aromatic carbocycles. The number of aryl methyl sites for hydroxylation is 1. The van der Waals surface area contributed by atoms with Gasteiger partial charge in [0.2, 0.25) is 0 Å². The van der Waals surface area contributed by atoms with Gasteiger partial charge in [0.25, 0.3) is 10.0 Å². The van der Waals surface area contributed by atoms with Crippen LogP contribution in [0.15, 0.2) is 35.4 Å². The third-order valence-electron chi connectivity index (χ3n) is 2.50. The number of aliphatic hydroxyl groups excluding tert-OH is 1. The van der Waals surface area contributed by atoms with E-state index in [1.165, 1.54) is 6.20 Å². The van der Waals surface area contributed by atoms with Crippen molar-refractivity contribution < 1.29 is 13.5 Å². The second-order valence-electron chi connectivity index (χ2n) is 4.01. The summed E-state index contributed by atoms with van der Waals surface area (Å²) >= 11 is 0. The lowest BCUT2D eigenvalue weighted by Crippen LogP contribution is -2.13. The highest BCUT2D eigenvalue weighted by Crippen LogP contribution is 2.18. The smallest absolute Gasteiger partial charge is 0.265 e. The van der Waals surface area contributed by atoms with Gasteiger partial charge in [-0.3, -0.25) is 9.82 Å². The quantitative estimate of drug-likeness (QED) is 0.731. The molecule has 0 amide bonds. The summed E-state index contributed by atoms with van der Waals surface area (Å²) in [7, 11) is -3.68. The van der Waals surface area contributed by atoms with E-state index in [9.17, 15) is 8.42 Å². The number of nitrogens with one attached hydrogen (secondary N) is 2. The molecule has 0 atom stereocenters. The summed E-state index contributed by atoms with van der Waals surface area (Å²) in [6.07, 6.45) is 1.26. The first-order valence-corrected chi connectivity index (χ1v) is 7.24. The number of sulfonamides is 1. The van der Waals surface area contributed by atoms with Crippen LogP contribution in [0.2, 0.25) is 0 Å². The van der Waals surface area contributed by atoms with Crippen LogP contribution in [0.25, 0.3) is 0 Å². The highest BCUT2D eigenvalue weighted by Gasteiger charge is 2.18. The van der Waals surface area contributed by atoms with Crippen LogP contribution >= 0.6 is 0 Å². The summed E-state index contributed by atoms with van der Waals surface area (Å²) in [6.45, 7) is 1.38. The zero-order valence-electron chi connectivity index (χ0n) is 10.7. The van der Waals surface area contributed by atoms with Crippen LogP contribution in [0.4, 0.5) is 5.69 Å². The lowest BCUT2D eigenvalue weighted by atomic mass is 10.2. The van der Waals surface area contributed by atoms with E-state index in [4.69, 9.17) is 5.11 Å². The van der Waals surface area contributed by atoms with Crippen LogP contribution in [0.5, 0.6) is 0 Å². The first-order chi connectivity index (χ1) is 9.53. The maximum atomic E-state index is 12.2. The van der Waals surface area contributed by atoms with Crippen molar-refractivity contribution in [3.05, 3.63) is 41.7 Å². The van der Waals surface area contributed by atoms with Gasteiger partial charge < -0.3 is 5.11 Å². The first-order valence-electron chi connectivity index (χ1n) is 5.75. The van der Waals surface area contributed by atoms with Gasteiger partial charge in [0.05, 0.1) is 17.6 Å².